The fourth-order valence-corrected chi connectivity index (χ4v) is 3.37. The van der Waals surface area contributed by atoms with Gasteiger partial charge in [0.1, 0.15) is 0 Å². The van der Waals surface area contributed by atoms with Crippen molar-refractivity contribution in [3.05, 3.63) is 0 Å². The molecule has 0 bridgehead atoms. The lowest BCUT2D eigenvalue weighted by molar-refractivity contribution is 0.119. The summed E-state index contributed by atoms with van der Waals surface area (Å²) >= 11 is 0. The van der Waals surface area contributed by atoms with Crippen LogP contribution in [-0.4, -0.2) is 30.7 Å². The van der Waals surface area contributed by atoms with Crippen LogP contribution < -0.4 is 5.32 Å². The van der Waals surface area contributed by atoms with E-state index in [1.54, 1.807) is 13.8 Å². The molecule has 23 heavy (non-hydrogen) atoms. The second-order valence-corrected chi connectivity index (χ2v) is 7.75. The van der Waals surface area contributed by atoms with Crippen molar-refractivity contribution in [2.24, 2.45) is 0 Å². The molecule has 0 radical (unpaired) electrons. The molecule has 0 aliphatic rings. The highest BCUT2D eigenvalue weighted by molar-refractivity contribution is 7.47. The first-order valence-corrected chi connectivity index (χ1v) is 10.8. The summed E-state index contributed by atoms with van der Waals surface area (Å²) < 4.78 is 21.2. The minimum atomic E-state index is -3.84. The SMILES string of the molecule is CCNCCCCCCCCCCCCOP(=O)(O)OC(C)C. The van der Waals surface area contributed by atoms with Gasteiger partial charge in [-0.05, 0) is 39.8 Å². The van der Waals surface area contributed by atoms with Gasteiger partial charge in [-0.1, -0.05) is 58.3 Å². The Kier molecular flexibility index (Phi) is 15.6. The van der Waals surface area contributed by atoms with E-state index >= 15 is 0 Å². The zero-order chi connectivity index (χ0) is 17.4. The maximum absolute atomic E-state index is 11.5. The number of nitrogens with one attached hydrogen (secondary N) is 1. The molecule has 0 amide bonds. The third-order valence-electron chi connectivity index (χ3n) is 3.60. The molecule has 0 aromatic heterocycles. The van der Waals surface area contributed by atoms with E-state index in [0.717, 1.165) is 25.9 Å². The van der Waals surface area contributed by atoms with E-state index in [1.165, 1.54) is 51.4 Å². The van der Waals surface area contributed by atoms with Crippen molar-refractivity contribution in [3.8, 4) is 0 Å². The summed E-state index contributed by atoms with van der Waals surface area (Å²) in [7, 11) is -3.84. The molecule has 0 aliphatic heterocycles. The quantitative estimate of drug-likeness (QED) is 0.284. The second-order valence-electron chi connectivity index (χ2n) is 6.35. The molecular weight excluding hydrogens is 313 g/mol. The molecule has 0 heterocycles. The number of hydrogen-bond donors (Lipinski definition) is 2. The van der Waals surface area contributed by atoms with Gasteiger partial charge >= 0.3 is 7.82 Å². The standard InChI is InChI=1S/C17H38NO4P/c1-4-18-15-13-11-9-7-5-6-8-10-12-14-16-21-23(19,20)22-17(2)3/h17-18H,4-16H2,1-3H3,(H,19,20). The van der Waals surface area contributed by atoms with Crippen LogP contribution in [0.25, 0.3) is 0 Å². The number of rotatable bonds is 17. The summed E-state index contributed by atoms with van der Waals surface area (Å²) in [6.45, 7) is 8.11. The van der Waals surface area contributed by atoms with E-state index in [1.807, 2.05) is 0 Å². The normalized spacial score (nSPS) is 14.3. The number of hydrogen-bond acceptors (Lipinski definition) is 4. The Morgan fingerprint density at radius 1 is 0.913 bits per heavy atom. The first-order chi connectivity index (χ1) is 11.0. The minimum absolute atomic E-state index is 0.297. The van der Waals surface area contributed by atoms with E-state index in [2.05, 4.69) is 12.2 Å². The van der Waals surface area contributed by atoms with Gasteiger partial charge in [0.05, 0.1) is 12.7 Å². The molecule has 0 aromatic carbocycles. The van der Waals surface area contributed by atoms with Crippen LogP contribution in [0.5, 0.6) is 0 Å². The van der Waals surface area contributed by atoms with Crippen LogP contribution in [0.4, 0.5) is 0 Å². The van der Waals surface area contributed by atoms with E-state index in [4.69, 9.17) is 9.05 Å². The molecule has 5 nitrogen and oxygen atoms in total. The van der Waals surface area contributed by atoms with Gasteiger partial charge in [-0.15, -0.1) is 0 Å². The van der Waals surface area contributed by atoms with Gasteiger partial charge in [-0.25, -0.2) is 4.57 Å². The lowest BCUT2D eigenvalue weighted by atomic mass is 10.1. The molecule has 0 saturated carbocycles. The van der Waals surface area contributed by atoms with Gasteiger partial charge in [0.2, 0.25) is 0 Å². The molecule has 140 valence electrons. The summed E-state index contributed by atoms with van der Waals surface area (Å²) in [4.78, 5) is 9.38. The minimum Gasteiger partial charge on any atom is -0.317 e. The maximum atomic E-state index is 11.5. The average molecular weight is 351 g/mol. The van der Waals surface area contributed by atoms with Gasteiger partial charge < -0.3 is 10.2 Å². The van der Waals surface area contributed by atoms with Crippen molar-refractivity contribution < 1.29 is 18.5 Å². The van der Waals surface area contributed by atoms with Crippen molar-refractivity contribution in [1.82, 2.24) is 5.32 Å². The molecule has 0 rings (SSSR count). The molecule has 0 aliphatic carbocycles. The third kappa shape index (κ3) is 18.3. The monoisotopic (exact) mass is 351 g/mol. The highest BCUT2D eigenvalue weighted by Crippen LogP contribution is 2.44. The fraction of sp³-hybridized carbons (Fsp3) is 1.00. The van der Waals surface area contributed by atoms with Crippen LogP contribution >= 0.6 is 7.82 Å². The second kappa shape index (κ2) is 15.6. The van der Waals surface area contributed by atoms with Crippen molar-refractivity contribution in [1.29, 1.82) is 0 Å². The van der Waals surface area contributed by atoms with E-state index in [9.17, 15) is 9.46 Å². The maximum Gasteiger partial charge on any atom is 0.472 e. The highest BCUT2D eigenvalue weighted by Gasteiger charge is 2.21. The first kappa shape index (κ1) is 23.1. The van der Waals surface area contributed by atoms with Crippen molar-refractivity contribution in [2.75, 3.05) is 19.7 Å². The van der Waals surface area contributed by atoms with Crippen LogP contribution in [0.15, 0.2) is 0 Å². The smallest absolute Gasteiger partial charge is 0.317 e. The van der Waals surface area contributed by atoms with Crippen molar-refractivity contribution >= 4 is 7.82 Å². The lowest BCUT2D eigenvalue weighted by Crippen LogP contribution is -2.13. The number of unbranched alkanes of at least 4 members (excludes halogenated alkanes) is 9. The fourth-order valence-electron chi connectivity index (χ4n) is 2.42. The summed E-state index contributed by atoms with van der Waals surface area (Å²) in [6, 6.07) is 0. The molecular formula is C17H38NO4P. The summed E-state index contributed by atoms with van der Waals surface area (Å²) in [5.74, 6) is 0. The van der Waals surface area contributed by atoms with Crippen LogP contribution in [0.3, 0.4) is 0 Å². The van der Waals surface area contributed by atoms with Gasteiger partial charge in [-0.3, -0.25) is 9.05 Å². The number of phosphoric acid groups is 1. The van der Waals surface area contributed by atoms with Crippen molar-refractivity contribution in [3.63, 3.8) is 0 Å². The molecule has 0 aromatic rings. The Morgan fingerprint density at radius 2 is 1.39 bits per heavy atom. The van der Waals surface area contributed by atoms with Gasteiger partial charge in [0.15, 0.2) is 0 Å². The Morgan fingerprint density at radius 3 is 1.87 bits per heavy atom. The molecule has 0 saturated heterocycles. The van der Waals surface area contributed by atoms with Gasteiger partial charge in [0, 0.05) is 0 Å². The average Bonchev–Trinajstić information content (AvgIpc) is 2.46. The Hall–Kier alpha value is 0.0700. The molecule has 6 heteroatoms. The topological polar surface area (TPSA) is 67.8 Å². The first-order valence-electron chi connectivity index (χ1n) is 9.34. The molecule has 1 unspecified atom stereocenters. The zero-order valence-corrected chi connectivity index (χ0v) is 16.3. The predicted octanol–water partition coefficient (Wildman–Crippen LogP) is 5.04. The van der Waals surface area contributed by atoms with E-state index in [0.29, 0.717) is 6.61 Å². The van der Waals surface area contributed by atoms with E-state index in [-0.39, 0.29) is 6.10 Å². The molecule has 2 N–H and O–H groups in total. The zero-order valence-electron chi connectivity index (χ0n) is 15.4. The molecule has 0 fully saturated rings. The van der Waals surface area contributed by atoms with Crippen LogP contribution in [0.2, 0.25) is 0 Å². The Balaban J connectivity index is 3.20. The third-order valence-corrected chi connectivity index (χ3v) is 4.79. The van der Waals surface area contributed by atoms with Crippen LogP contribution in [-0.2, 0) is 13.6 Å². The number of phosphoric ester groups is 1. The van der Waals surface area contributed by atoms with Gasteiger partial charge in [0.25, 0.3) is 0 Å². The Labute approximate surface area is 143 Å². The van der Waals surface area contributed by atoms with Gasteiger partial charge in [-0.2, -0.15) is 0 Å². The lowest BCUT2D eigenvalue weighted by Gasteiger charge is -2.14. The van der Waals surface area contributed by atoms with Crippen molar-refractivity contribution in [2.45, 2.75) is 91.1 Å². The summed E-state index contributed by atoms with van der Waals surface area (Å²) in [5, 5.41) is 3.35. The van der Waals surface area contributed by atoms with Crippen LogP contribution in [0.1, 0.15) is 85.0 Å². The van der Waals surface area contributed by atoms with E-state index < -0.39 is 7.82 Å². The highest BCUT2D eigenvalue weighted by atomic mass is 31.2. The summed E-state index contributed by atoms with van der Waals surface area (Å²) in [5.41, 5.74) is 0. The van der Waals surface area contributed by atoms with Crippen LogP contribution in [0, 0.1) is 0 Å². The molecule has 0 spiro atoms. The largest absolute Gasteiger partial charge is 0.472 e. The summed E-state index contributed by atoms with van der Waals surface area (Å²) in [6.07, 6.45) is 11.9. The predicted molar refractivity (Wildman–Crippen MR) is 96.7 cm³/mol. The Bertz CT molecular complexity index is 300. The molecule has 1 atom stereocenters.